The van der Waals surface area contributed by atoms with Crippen LogP contribution in [-0.2, 0) is 14.3 Å². The van der Waals surface area contributed by atoms with Crippen LogP contribution in [0.2, 0.25) is 0 Å². The van der Waals surface area contributed by atoms with Gasteiger partial charge in [-0.15, -0.1) is 0 Å². The minimum absolute atomic E-state index is 0.0994. The van der Waals surface area contributed by atoms with E-state index in [1.165, 1.54) is 30.2 Å². The summed E-state index contributed by atoms with van der Waals surface area (Å²) < 4.78 is 10.5. The minimum atomic E-state index is -0.956. The number of ether oxygens (including phenoxy) is 2. The van der Waals surface area contributed by atoms with Crippen LogP contribution in [0.3, 0.4) is 0 Å². The van der Waals surface area contributed by atoms with Gasteiger partial charge in [-0.1, -0.05) is 12.1 Å². The van der Waals surface area contributed by atoms with Gasteiger partial charge in [0.1, 0.15) is 11.5 Å². The molecule has 2 heterocycles. The Bertz CT molecular complexity index is 1120. The number of amides is 1. The van der Waals surface area contributed by atoms with Crippen molar-refractivity contribution in [2.45, 2.75) is 6.04 Å². The number of nitrogens with zero attached hydrogens (tertiary/aromatic N) is 3. The van der Waals surface area contributed by atoms with Gasteiger partial charge >= 0.3 is 0 Å². The molecule has 1 amide bonds. The summed E-state index contributed by atoms with van der Waals surface area (Å²) in [5.41, 5.74) is 0.450. The first-order valence-electron chi connectivity index (χ1n) is 10.9. The number of non-ortho nitro benzene ring substituents is 1. The number of methoxy groups -OCH3 is 1. The number of ketones is 1. The second-order valence-corrected chi connectivity index (χ2v) is 8.03. The first-order chi connectivity index (χ1) is 16.4. The number of nitro benzene ring substituents is 1. The molecule has 10 nitrogen and oxygen atoms in total. The van der Waals surface area contributed by atoms with Gasteiger partial charge in [0.05, 0.1) is 36.9 Å². The van der Waals surface area contributed by atoms with Crippen molar-refractivity contribution in [1.82, 2.24) is 9.80 Å². The number of benzene rings is 2. The fourth-order valence-electron chi connectivity index (χ4n) is 4.24. The van der Waals surface area contributed by atoms with E-state index in [1.54, 1.807) is 30.3 Å². The summed E-state index contributed by atoms with van der Waals surface area (Å²) in [5, 5.41) is 22.5. The Morgan fingerprint density at radius 1 is 1.15 bits per heavy atom. The molecule has 10 heteroatoms. The fourth-order valence-corrected chi connectivity index (χ4v) is 4.24. The number of rotatable bonds is 7. The van der Waals surface area contributed by atoms with Gasteiger partial charge in [-0.3, -0.25) is 24.6 Å². The largest absolute Gasteiger partial charge is 0.507 e. The molecule has 0 bridgehead atoms. The van der Waals surface area contributed by atoms with Crippen molar-refractivity contribution < 1.29 is 29.1 Å². The zero-order chi connectivity index (χ0) is 24.2. The van der Waals surface area contributed by atoms with Crippen LogP contribution < -0.4 is 4.74 Å². The van der Waals surface area contributed by atoms with Crippen molar-refractivity contribution in [2.24, 2.45) is 0 Å². The van der Waals surface area contributed by atoms with E-state index in [0.717, 1.165) is 0 Å². The summed E-state index contributed by atoms with van der Waals surface area (Å²) in [6, 6.07) is 11.3. The number of nitro groups is 1. The Kier molecular flexibility index (Phi) is 6.90. The quantitative estimate of drug-likeness (QED) is 0.217. The van der Waals surface area contributed by atoms with E-state index in [-0.39, 0.29) is 23.6 Å². The van der Waals surface area contributed by atoms with Crippen LogP contribution in [0.5, 0.6) is 5.75 Å². The number of hydrogen-bond donors (Lipinski definition) is 1. The lowest BCUT2D eigenvalue weighted by Gasteiger charge is -2.31. The van der Waals surface area contributed by atoms with Crippen molar-refractivity contribution in [1.29, 1.82) is 0 Å². The zero-order valence-electron chi connectivity index (χ0n) is 18.7. The molecular weight excluding hydrogens is 442 g/mol. The molecule has 0 saturated carbocycles. The molecule has 2 aromatic carbocycles. The van der Waals surface area contributed by atoms with Crippen LogP contribution in [0.1, 0.15) is 17.2 Å². The summed E-state index contributed by atoms with van der Waals surface area (Å²) >= 11 is 0. The van der Waals surface area contributed by atoms with Gasteiger partial charge < -0.3 is 19.5 Å². The van der Waals surface area contributed by atoms with E-state index in [4.69, 9.17) is 9.47 Å². The maximum Gasteiger partial charge on any atom is 0.295 e. The molecule has 4 rings (SSSR count). The molecule has 178 valence electrons. The lowest BCUT2D eigenvalue weighted by Crippen LogP contribution is -2.42. The number of aliphatic hydroxyl groups excluding tert-OH is 1. The molecule has 0 radical (unpaired) electrons. The standard InChI is InChI=1S/C24H25N3O7/c1-33-19-7-5-16(6-8-19)22(28)20-21(17-3-2-4-18(15-17)27(31)32)26(24(30)23(20)29)10-9-25-11-13-34-14-12-25/h2-8,15,21,28H,9-14H2,1H3/b22-20+/t21-/m1/s1. The van der Waals surface area contributed by atoms with Crippen LogP contribution >= 0.6 is 0 Å². The van der Waals surface area contributed by atoms with Gasteiger partial charge in [0.15, 0.2) is 0 Å². The van der Waals surface area contributed by atoms with E-state index in [1.807, 2.05) is 0 Å². The molecule has 0 aliphatic carbocycles. The average Bonchev–Trinajstić information content (AvgIpc) is 3.12. The maximum absolute atomic E-state index is 13.1. The highest BCUT2D eigenvalue weighted by Gasteiger charge is 2.46. The Balaban J connectivity index is 1.76. The Morgan fingerprint density at radius 2 is 1.85 bits per heavy atom. The average molecular weight is 467 g/mol. The molecule has 0 unspecified atom stereocenters. The highest BCUT2D eigenvalue weighted by atomic mass is 16.6. The third-order valence-electron chi connectivity index (χ3n) is 6.06. The molecule has 1 N–H and O–H groups in total. The molecule has 2 aliphatic heterocycles. The van der Waals surface area contributed by atoms with Crippen molar-refractivity contribution in [3.05, 3.63) is 75.3 Å². The lowest BCUT2D eigenvalue weighted by atomic mass is 9.95. The molecule has 0 aromatic heterocycles. The summed E-state index contributed by atoms with van der Waals surface area (Å²) in [7, 11) is 1.51. The Morgan fingerprint density at radius 3 is 2.50 bits per heavy atom. The minimum Gasteiger partial charge on any atom is -0.507 e. The Labute approximate surface area is 196 Å². The number of hydrogen-bond acceptors (Lipinski definition) is 8. The van der Waals surface area contributed by atoms with Gasteiger partial charge in [-0.2, -0.15) is 0 Å². The predicted octanol–water partition coefficient (Wildman–Crippen LogP) is 2.36. The van der Waals surface area contributed by atoms with Crippen LogP contribution in [0.15, 0.2) is 54.1 Å². The summed E-state index contributed by atoms with van der Waals surface area (Å²) in [6.45, 7) is 3.31. The van der Waals surface area contributed by atoms with Crippen LogP contribution in [0, 0.1) is 10.1 Å². The monoisotopic (exact) mass is 467 g/mol. The van der Waals surface area contributed by atoms with Crippen molar-refractivity contribution in [3.63, 3.8) is 0 Å². The smallest absolute Gasteiger partial charge is 0.295 e. The molecule has 2 fully saturated rings. The summed E-state index contributed by atoms with van der Waals surface area (Å²) in [6.07, 6.45) is 0. The van der Waals surface area contributed by atoms with Gasteiger partial charge in [0.2, 0.25) is 0 Å². The second-order valence-electron chi connectivity index (χ2n) is 8.03. The van der Waals surface area contributed by atoms with Gasteiger partial charge in [-0.05, 0) is 29.8 Å². The number of likely N-dealkylation sites (tertiary alicyclic amines) is 1. The molecule has 2 aromatic rings. The van der Waals surface area contributed by atoms with Crippen LogP contribution in [0.25, 0.3) is 5.76 Å². The van der Waals surface area contributed by atoms with E-state index >= 15 is 0 Å². The van der Waals surface area contributed by atoms with Crippen molar-refractivity contribution in [2.75, 3.05) is 46.5 Å². The topological polar surface area (TPSA) is 122 Å². The lowest BCUT2D eigenvalue weighted by molar-refractivity contribution is -0.384. The van der Waals surface area contributed by atoms with Gasteiger partial charge in [-0.25, -0.2) is 0 Å². The van der Waals surface area contributed by atoms with Crippen LogP contribution in [0.4, 0.5) is 5.69 Å². The third kappa shape index (κ3) is 4.63. The zero-order valence-corrected chi connectivity index (χ0v) is 18.7. The maximum atomic E-state index is 13.1. The van der Waals surface area contributed by atoms with E-state index in [2.05, 4.69) is 4.90 Å². The van der Waals surface area contributed by atoms with E-state index < -0.39 is 22.7 Å². The Hall–Kier alpha value is -3.76. The molecule has 34 heavy (non-hydrogen) atoms. The highest BCUT2D eigenvalue weighted by Crippen LogP contribution is 2.40. The molecule has 2 saturated heterocycles. The second kappa shape index (κ2) is 10.0. The fraction of sp³-hybridized carbons (Fsp3) is 0.333. The van der Waals surface area contributed by atoms with Crippen LogP contribution in [-0.4, -0.2) is 78.0 Å². The SMILES string of the molecule is COc1ccc(/C(O)=C2\C(=O)C(=O)N(CCN3CCOCC3)[C@@H]2c2cccc([N+](=O)[O-])c2)cc1. The normalized spacial score (nSPS) is 20.5. The van der Waals surface area contributed by atoms with Gasteiger partial charge in [0.25, 0.3) is 17.4 Å². The van der Waals surface area contributed by atoms with Crippen molar-refractivity contribution >= 4 is 23.1 Å². The highest BCUT2D eigenvalue weighted by molar-refractivity contribution is 6.46. The van der Waals surface area contributed by atoms with E-state index in [9.17, 15) is 24.8 Å². The molecule has 2 aliphatic rings. The number of carbonyl (C=O) groups is 2. The van der Waals surface area contributed by atoms with Gasteiger partial charge in [0, 0.05) is 43.9 Å². The number of carbonyl (C=O) groups excluding carboxylic acids is 2. The first-order valence-corrected chi connectivity index (χ1v) is 10.9. The molecule has 1 atom stereocenters. The van der Waals surface area contributed by atoms with Crippen molar-refractivity contribution in [3.8, 4) is 5.75 Å². The number of aliphatic hydroxyl groups is 1. The number of Topliss-reactive ketones (excluding diaryl/α,β-unsaturated/α-hetero) is 1. The van der Waals surface area contributed by atoms with E-state index in [0.29, 0.717) is 49.7 Å². The first kappa shape index (κ1) is 23.4. The predicted molar refractivity (Wildman–Crippen MR) is 122 cm³/mol. The third-order valence-corrected chi connectivity index (χ3v) is 6.06. The molecule has 0 spiro atoms. The summed E-state index contributed by atoms with van der Waals surface area (Å²) in [5.74, 6) is -1.35. The summed E-state index contributed by atoms with van der Waals surface area (Å²) in [4.78, 5) is 40.5. The molecular formula is C24H25N3O7. The number of morpholine rings is 1.